The van der Waals surface area contributed by atoms with E-state index in [0.717, 1.165) is 18.4 Å². The van der Waals surface area contributed by atoms with E-state index in [1.54, 1.807) is 18.3 Å². The molecule has 1 fully saturated rings. The van der Waals surface area contributed by atoms with Crippen LogP contribution in [-0.2, 0) is 16.0 Å². The van der Waals surface area contributed by atoms with E-state index in [2.05, 4.69) is 10.3 Å². The van der Waals surface area contributed by atoms with Crippen molar-refractivity contribution in [3.63, 3.8) is 0 Å². The van der Waals surface area contributed by atoms with Crippen LogP contribution in [0.3, 0.4) is 0 Å². The summed E-state index contributed by atoms with van der Waals surface area (Å²) in [7, 11) is 0. The van der Waals surface area contributed by atoms with Crippen LogP contribution in [0.2, 0.25) is 5.15 Å². The number of hydrogen-bond acceptors (Lipinski definition) is 3. The lowest BCUT2D eigenvalue weighted by atomic mass is 10.0. The van der Waals surface area contributed by atoms with E-state index in [4.69, 9.17) is 17.3 Å². The molecule has 1 aromatic heterocycles. The van der Waals surface area contributed by atoms with Gasteiger partial charge in [-0.2, -0.15) is 0 Å². The molecule has 0 saturated heterocycles. The summed E-state index contributed by atoms with van der Waals surface area (Å²) in [6.45, 7) is 0. The second-order valence-electron chi connectivity index (χ2n) is 5.57. The van der Waals surface area contributed by atoms with Gasteiger partial charge in [0, 0.05) is 19.0 Å². The molecule has 2 rings (SSSR count). The molecule has 1 atom stereocenters. The van der Waals surface area contributed by atoms with E-state index < -0.39 is 11.9 Å². The molecule has 1 saturated carbocycles. The smallest absolute Gasteiger partial charge is 0.240 e. The van der Waals surface area contributed by atoms with E-state index in [1.807, 2.05) is 0 Å². The number of nitrogens with one attached hydrogen (secondary N) is 1. The van der Waals surface area contributed by atoms with Gasteiger partial charge in [0.2, 0.25) is 11.8 Å². The molecule has 114 valence electrons. The Hall–Kier alpha value is -1.62. The molecule has 2 amide bonds. The predicted octanol–water partition coefficient (Wildman–Crippen LogP) is 1.83. The number of pyridine rings is 1. The summed E-state index contributed by atoms with van der Waals surface area (Å²) in [5, 5.41) is 3.12. The fourth-order valence-corrected chi connectivity index (χ4v) is 2.83. The average Bonchev–Trinajstić information content (AvgIpc) is 2.93. The zero-order chi connectivity index (χ0) is 15.2. The van der Waals surface area contributed by atoms with E-state index in [1.165, 1.54) is 12.8 Å². The molecule has 3 N–H and O–H groups in total. The molecule has 0 spiro atoms. The van der Waals surface area contributed by atoms with E-state index in [9.17, 15) is 9.59 Å². The second-order valence-corrected chi connectivity index (χ2v) is 5.96. The van der Waals surface area contributed by atoms with Crippen molar-refractivity contribution in [1.82, 2.24) is 10.3 Å². The summed E-state index contributed by atoms with van der Waals surface area (Å²) in [4.78, 5) is 27.5. The number of nitrogens with zero attached hydrogens (tertiary/aromatic N) is 1. The number of amides is 2. The Bertz CT molecular complexity index is 498. The maximum atomic E-state index is 12.0. The van der Waals surface area contributed by atoms with Crippen molar-refractivity contribution in [3.05, 3.63) is 29.0 Å². The molecule has 1 aliphatic carbocycles. The number of halogens is 1. The van der Waals surface area contributed by atoms with Crippen LogP contribution in [0.4, 0.5) is 0 Å². The van der Waals surface area contributed by atoms with Gasteiger partial charge < -0.3 is 11.1 Å². The molecule has 0 bridgehead atoms. The van der Waals surface area contributed by atoms with Crippen molar-refractivity contribution in [3.8, 4) is 0 Å². The molecular formula is C15H20ClN3O2. The molecule has 0 aromatic carbocycles. The van der Waals surface area contributed by atoms with Gasteiger partial charge in [0.25, 0.3) is 0 Å². The first kappa shape index (κ1) is 15.8. The van der Waals surface area contributed by atoms with Crippen LogP contribution in [0, 0.1) is 5.92 Å². The van der Waals surface area contributed by atoms with E-state index >= 15 is 0 Å². The number of aromatic nitrogens is 1. The molecule has 6 heteroatoms. The number of carbonyl (C=O) groups excluding carboxylic acids is 2. The average molecular weight is 310 g/mol. The molecule has 21 heavy (non-hydrogen) atoms. The third-order valence-corrected chi connectivity index (χ3v) is 4.08. The van der Waals surface area contributed by atoms with Gasteiger partial charge >= 0.3 is 0 Å². The largest absolute Gasteiger partial charge is 0.368 e. The van der Waals surface area contributed by atoms with Crippen molar-refractivity contribution in [1.29, 1.82) is 0 Å². The van der Waals surface area contributed by atoms with Crippen LogP contribution in [-0.4, -0.2) is 22.8 Å². The third kappa shape index (κ3) is 5.01. The Kier molecular flexibility index (Phi) is 5.56. The molecule has 0 aliphatic heterocycles. The molecule has 0 unspecified atom stereocenters. The Balaban J connectivity index is 1.90. The summed E-state index contributed by atoms with van der Waals surface area (Å²) in [6, 6.07) is 2.71. The topological polar surface area (TPSA) is 85.1 Å². The van der Waals surface area contributed by atoms with Crippen LogP contribution in [0.5, 0.6) is 0 Å². The minimum atomic E-state index is -0.707. The number of nitrogens with two attached hydrogens (primary N) is 1. The van der Waals surface area contributed by atoms with Gasteiger partial charge in [0.05, 0.1) is 0 Å². The summed E-state index contributed by atoms with van der Waals surface area (Å²) >= 11 is 5.72. The molecule has 5 nitrogen and oxygen atoms in total. The van der Waals surface area contributed by atoms with Crippen molar-refractivity contribution in [2.45, 2.75) is 44.6 Å². The third-order valence-electron chi connectivity index (χ3n) is 3.86. The summed E-state index contributed by atoms with van der Waals surface area (Å²) in [6.07, 6.45) is 6.95. The number of hydrogen-bond donors (Lipinski definition) is 2. The van der Waals surface area contributed by atoms with Crippen LogP contribution < -0.4 is 11.1 Å². The lowest BCUT2D eigenvalue weighted by Crippen LogP contribution is -2.46. The normalized spacial score (nSPS) is 16.6. The molecule has 0 radical (unpaired) electrons. The number of primary amides is 1. The lowest BCUT2D eigenvalue weighted by molar-refractivity contribution is -0.127. The van der Waals surface area contributed by atoms with Gasteiger partial charge in [-0.1, -0.05) is 30.5 Å². The van der Waals surface area contributed by atoms with E-state index in [0.29, 0.717) is 23.9 Å². The highest BCUT2D eigenvalue weighted by atomic mass is 35.5. The van der Waals surface area contributed by atoms with Crippen LogP contribution >= 0.6 is 11.6 Å². The number of rotatable bonds is 6. The summed E-state index contributed by atoms with van der Waals surface area (Å²) in [5.41, 5.74) is 6.18. The fourth-order valence-electron chi connectivity index (χ4n) is 2.72. The minimum absolute atomic E-state index is 0.104. The Morgan fingerprint density at radius 3 is 2.67 bits per heavy atom. The van der Waals surface area contributed by atoms with Crippen molar-refractivity contribution in [2.75, 3.05) is 0 Å². The maximum Gasteiger partial charge on any atom is 0.240 e. The number of carbonyl (C=O) groups is 2. The van der Waals surface area contributed by atoms with Crippen molar-refractivity contribution in [2.24, 2.45) is 11.7 Å². The van der Waals surface area contributed by atoms with Gasteiger partial charge in [0.15, 0.2) is 0 Å². The highest BCUT2D eigenvalue weighted by molar-refractivity contribution is 6.29. The molecule has 1 aromatic rings. The highest BCUT2D eigenvalue weighted by Gasteiger charge is 2.22. The van der Waals surface area contributed by atoms with Gasteiger partial charge in [0.1, 0.15) is 11.2 Å². The van der Waals surface area contributed by atoms with Crippen LogP contribution in [0.1, 0.15) is 37.7 Å². The lowest BCUT2D eigenvalue weighted by Gasteiger charge is -2.17. The standard InChI is InChI=1S/C15H20ClN3O2/c16-13-6-5-11(9-18-13)7-12(15(17)21)19-14(20)8-10-3-1-2-4-10/h5-6,9-10,12H,1-4,7-8H2,(H2,17,21)(H,19,20)/t12-/m1/s1. The van der Waals surface area contributed by atoms with Crippen molar-refractivity contribution >= 4 is 23.4 Å². The fraction of sp³-hybridized carbons (Fsp3) is 0.533. The first-order valence-electron chi connectivity index (χ1n) is 7.23. The van der Waals surface area contributed by atoms with Gasteiger partial charge in [-0.15, -0.1) is 0 Å². The molecule has 1 heterocycles. The van der Waals surface area contributed by atoms with Crippen LogP contribution in [0.15, 0.2) is 18.3 Å². The van der Waals surface area contributed by atoms with Gasteiger partial charge in [-0.05, 0) is 30.4 Å². The van der Waals surface area contributed by atoms with E-state index in [-0.39, 0.29) is 5.91 Å². The second kappa shape index (κ2) is 7.41. The quantitative estimate of drug-likeness (QED) is 0.786. The molecular weight excluding hydrogens is 290 g/mol. The van der Waals surface area contributed by atoms with Gasteiger partial charge in [-0.25, -0.2) is 4.98 Å². The Morgan fingerprint density at radius 2 is 2.10 bits per heavy atom. The summed E-state index contributed by atoms with van der Waals surface area (Å²) in [5.74, 6) is -0.201. The zero-order valence-corrected chi connectivity index (χ0v) is 12.6. The SMILES string of the molecule is NC(=O)[C@@H](Cc1ccc(Cl)nc1)NC(=O)CC1CCCC1. The molecule has 1 aliphatic rings. The highest BCUT2D eigenvalue weighted by Crippen LogP contribution is 2.27. The first-order valence-corrected chi connectivity index (χ1v) is 7.61. The van der Waals surface area contributed by atoms with Gasteiger partial charge in [-0.3, -0.25) is 9.59 Å². The minimum Gasteiger partial charge on any atom is -0.368 e. The van der Waals surface area contributed by atoms with Crippen molar-refractivity contribution < 1.29 is 9.59 Å². The Labute approximate surface area is 129 Å². The summed E-state index contributed by atoms with van der Waals surface area (Å²) < 4.78 is 0. The monoisotopic (exact) mass is 309 g/mol. The first-order chi connectivity index (χ1) is 10.0. The zero-order valence-electron chi connectivity index (χ0n) is 11.8. The van der Waals surface area contributed by atoms with Crippen LogP contribution in [0.25, 0.3) is 0 Å². The maximum absolute atomic E-state index is 12.0. The predicted molar refractivity (Wildman–Crippen MR) is 80.7 cm³/mol. The Morgan fingerprint density at radius 1 is 1.38 bits per heavy atom.